The molecule has 15 heavy (non-hydrogen) atoms. The van der Waals surface area contributed by atoms with Gasteiger partial charge in [-0.1, -0.05) is 0 Å². The molecule has 0 saturated heterocycles. The van der Waals surface area contributed by atoms with Crippen LogP contribution in [-0.4, -0.2) is 12.1 Å². The topological polar surface area (TPSA) is 22.1 Å². The quantitative estimate of drug-likeness (QED) is 0.833. The Labute approximate surface area is 95.2 Å². The molecule has 1 heterocycles. The molecule has 0 aliphatic heterocycles. The van der Waals surface area contributed by atoms with E-state index < -0.39 is 6.67 Å². The third-order valence-electron chi connectivity index (χ3n) is 2.16. The van der Waals surface area contributed by atoms with E-state index in [0.29, 0.717) is 11.3 Å². The van der Waals surface area contributed by atoms with Crippen LogP contribution in [0.5, 0.6) is 5.75 Å². The minimum atomic E-state index is -0.480. The van der Waals surface area contributed by atoms with Crippen molar-refractivity contribution in [1.82, 2.24) is 4.98 Å². The fraction of sp³-hybridized carbons (Fsp3) is 0.182. The average molecular weight is 270 g/mol. The number of benzene rings is 1. The van der Waals surface area contributed by atoms with Gasteiger partial charge in [-0.2, -0.15) is 0 Å². The van der Waals surface area contributed by atoms with Crippen LogP contribution in [0.3, 0.4) is 0 Å². The highest BCUT2D eigenvalue weighted by Gasteiger charge is 2.04. The SMILES string of the molecule is COc1cnc2c(Br)cc(CF)cc2c1. The van der Waals surface area contributed by atoms with E-state index in [1.165, 1.54) is 0 Å². The molecule has 0 atom stereocenters. The molecule has 2 rings (SSSR count). The van der Waals surface area contributed by atoms with Gasteiger partial charge in [0, 0.05) is 9.86 Å². The smallest absolute Gasteiger partial charge is 0.137 e. The summed E-state index contributed by atoms with van der Waals surface area (Å²) < 4.78 is 18.4. The van der Waals surface area contributed by atoms with Crippen LogP contribution in [0.2, 0.25) is 0 Å². The van der Waals surface area contributed by atoms with Crippen molar-refractivity contribution >= 4 is 26.8 Å². The minimum absolute atomic E-state index is 0.480. The van der Waals surface area contributed by atoms with E-state index in [1.54, 1.807) is 25.4 Å². The zero-order chi connectivity index (χ0) is 10.8. The molecule has 0 unspecified atom stereocenters. The van der Waals surface area contributed by atoms with Gasteiger partial charge in [0.25, 0.3) is 0 Å². The van der Waals surface area contributed by atoms with Gasteiger partial charge in [0.15, 0.2) is 0 Å². The number of fused-ring (bicyclic) bond motifs is 1. The predicted octanol–water partition coefficient (Wildman–Crippen LogP) is 3.48. The summed E-state index contributed by atoms with van der Waals surface area (Å²) in [6, 6.07) is 5.35. The van der Waals surface area contributed by atoms with Gasteiger partial charge in [-0.05, 0) is 39.7 Å². The monoisotopic (exact) mass is 269 g/mol. The highest BCUT2D eigenvalue weighted by Crippen LogP contribution is 2.27. The van der Waals surface area contributed by atoms with E-state index in [0.717, 1.165) is 15.4 Å². The second-order valence-electron chi connectivity index (χ2n) is 3.16. The van der Waals surface area contributed by atoms with Crippen molar-refractivity contribution in [2.45, 2.75) is 6.67 Å². The zero-order valence-electron chi connectivity index (χ0n) is 8.13. The number of ether oxygens (including phenoxy) is 1. The summed E-state index contributed by atoms with van der Waals surface area (Å²) in [5.41, 5.74) is 1.44. The van der Waals surface area contributed by atoms with Crippen molar-refractivity contribution in [3.63, 3.8) is 0 Å². The average Bonchev–Trinajstić information content (AvgIpc) is 2.28. The molecule has 0 fully saturated rings. The number of methoxy groups -OCH3 is 1. The Bertz CT molecular complexity index is 496. The maximum atomic E-state index is 12.5. The normalized spacial score (nSPS) is 10.6. The van der Waals surface area contributed by atoms with E-state index in [-0.39, 0.29) is 0 Å². The van der Waals surface area contributed by atoms with Gasteiger partial charge in [0.2, 0.25) is 0 Å². The summed E-state index contributed by atoms with van der Waals surface area (Å²) >= 11 is 3.37. The third-order valence-corrected chi connectivity index (χ3v) is 2.77. The lowest BCUT2D eigenvalue weighted by Crippen LogP contribution is -1.88. The fourth-order valence-corrected chi connectivity index (χ4v) is 2.06. The van der Waals surface area contributed by atoms with Gasteiger partial charge in [-0.3, -0.25) is 4.98 Å². The first-order valence-electron chi connectivity index (χ1n) is 4.42. The molecule has 78 valence electrons. The molecular weight excluding hydrogens is 261 g/mol. The lowest BCUT2D eigenvalue weighted by atomic mass is 10.1. The molecule has 1 aromatic carbocycles. The summed E-state index contributed by atoms with van der Waals surface area (Å²) in [5, 5.41) is 0.872. The number of alkyl halides is 1. The van der Waals surface area contributed by atoms with Crippen LogP contribution in [0.25, 0.3) is 10.9 Å². The van der Waals surface area contributed by atoms with Crippen molar-refractivity contribution in [2.24, 2.45) is 0 Å². The Hall–Kier alpha value is -1.16. The van der Waals surface area contributed by atoms with Gasteiger partial charge in [0.1, 0.15) is 12.4 Å². The van der Waals surface area contributed by atoms with E-state index in [9.17, 15) is 4.39 Å². The molecule has 0 radical (unpaired) electrons. The molecule has 2 aromatic rings. The number of aromatic nitrogens is 1. The number of pyridine rings is 1. The highest BCUT2D eigenvalue weighted by atomic mass is 79.9. The van der Waals surface area contributed by atoms with Crippen molar-refractivity contribution in [2.75, 3.05) is 7.11 Å². The molecule has 4 heteroatoms. The first-order chi connectivity index (χ1) is 7.24. The summed E-state index contributed by atoms with van der Waals surface area (Å²) in [6.45, 7) is -0.480. The third kappa shape index (κ3) is 1.95. The van der Waals surface area contributed by atoms with Crippen molar-refractivity contribution < 1.29 is 9.13 Å². The van der Waals surface area contributed by atoms with Crippen LogP contribution in [-0.2, 0) is 6.67 Å². The second kappa shape index (κ2) is 4.14. The molecule has 0 saturated carbocycles. The summed E-state index contributed by atoms with van der Waals surface area (Å²) in [7, 11) is 1.58. The second-order valence-corrected chi connectivity index (χ2v) is 4.01. The first kappa shape index (κ1) is 10.4. The maximum absolute atomic E-state index is 12.5. The Morgan fingerprint density at radius 1 is 1.40 bits per heavy atom. The predicted molar refractivity (Wildman–Crippen MR) is 60.8 cm³/mol. The number of hydrogen-bond donors (Lipinski definition) is 0. The lowest BCUT2D eigenvalue weighted by molar-refractivity contribution is 0.413. The molecule has 0 aliphatic carbocycles. The first-order valence-corrected chi connectivity index (χ1v) is 5.22. The fourth-order valence-electron chi connectivity index (χ4n) is 1.43. The molecule has 0 bridgehead atoms. The van der Waals surface area contributed by atoms with Crippen LogP contribution in [0.1, 0.15) is 5.56 Å². The summed E-state index contributed by atoms with van der Waals surface area (Å²) in [5.74, 6) is 0.672. The Morgan fingerprint density at radius 2 is 2.20 bits per heavy atom. The summed E-state index contributed by atoms with van der Waals surface area (Å²) in [4.78, 5) is 4.23. The van der Waals surface area contributed by atoms with E-state index in [4.69, 9.17) is 4.74 Å². The molecule has 0 amide bonds. The van der Waals surface area contributed by atoms with Gasteiger partial charge < -0.3 is 4.74 Å². The number of halogens is 2. The van der Waals surface area contributed by atoms with Crippen LogP contribution < -0.4 is 4.74 Å². The number of rotatable bonds is 2. The number of nitrogens with zero attached hydrogens (tertiary/aromatic N) is 1. The van der Waals surface area contributed by atoms with Crippen molar-refractivity contribution in [3.05, 3.63) is 34.4 Å². The van der Waals surface area contributed by atoms with Crippen LogP contribution in [0, 0.1) is 0 Å². The van der Waals surface area contributed by atoms with Crippen LogP contribution in [0.4, 0.5) is 4.39 Å². The van der Waals surface area contributed by atoms with Gasteiger partial charge in [-0.25, -0.2) is 4.39 Å². The van der Waals surface area contributed by atoms with Crippen molar-refractivity contribution in [3.8, 4) is 5.75 Å². The van der Waals surface area contributed by atoms with E-state index in [1.807, 2.05) is 6.07 Å². The zero-order valence-corrected chi connectivity index (χ0v) is 9.71. The molecule has 0 aliphatic rings. The van der Waals surface area contributed by atoms with Gasteiger partial charge >= 0.3 is 0 Å². The molecular formula is C11H9BrFNO. The Morgan fingerprint density at radius 3 is 2.87 bits per heavy atom. The van der Waals surface area contributed by atoms with Gasteiger partial charge in [-0.15, -0.1) is 0 Å². The largest absolute Gasteiger partial charge is 0.495 e. The highest BCUT2D eigenvalue weighted by molar-refractivity contribution is 9.10. The Balaban J connectivity index is 2.69. The lowest BCUT2D eigenvalue weighted by Gasteiger charge is -2.05. The van der Waals surface area contributed by atoms with Crippen molar-refractivity contribution in [1.29, 1.82) is 0 Å². The molecule has 0 N–H and O–H groups in total. The maximum Gasteiger partial charge on any atom is 0.137 e. The Kier molecular flexibility index (Phi) is 2.86. The molecule has 0 spiro atoms. The number of hydrogen-bond acceptors (Lipinski definition) is 2. The summed E-state index contributed by atoms with van der Waals surface area (Å²) in [6.07, 6.45) is 1.64. The van der Waals surface area contributed by atoms with E-state index in [2.05, 4.69) is 20.9 Å². The van der Waals surface area contributed by atoms with Crippen LogP contribution >= 0.6 is 15.9 Å². The van der Waals surface area contributed by atoms with Crippen LogP contribution in [0.15, 0.2) is 28.9 Å². The van der Waals surface area contributed by atoms with Gasteiger partial charge in [0.05, 0.1) is 18.8 Å². The van der Waals surface area contributed by atoms with E-state index >= 15 is 0 Å². The molecule has 2 nitrogen and oxygen atoms in total. The standard InChI is InChI=1S/C11H9BrFNO/c1-15-9-4-8-2-7(5-13)3-10(12)11(8)14-6-9/h2-4,6H,5H2,1H3. The molecule has 1 aromatic heterocycles. The minimum Gasteiger partial charge on any atom is -0.495 e.